The number of unbranched alkanes of at least 4 members (excludes halogenated alkanes) is 2. The average molecular weight is 566 g/mol. The molecule has 0 spiro atoms. The molecule has 0 bridgehead atoms. The molecule has 4 aliphatic rings. The summed E-state index contributed by atoms with van der Waals surface area (Å²) in [5.41, 5.74) is 3.39. The highest BCUT2D eigenvalue weighted by Gasteiger charge is 2.53. The maximum absolute atomic E-state index is 11.3. The van der Waals surface area contributed by atoms with E-state index in [1.165, 1.54) is 55.4 Å². The molecule has 220 valence electrons. The lowest BCUT2D eigenvalue weighted by Gasteiger charge is -2.44. The quantitative estimate of drug-likeness (QED) is 0.202. The molecule has 0 saturated heterocycles. The number of thiazole rings is 1. The Morgan fingerprint density at radius 2 is 1.95 bits per heavy atom. The third-order valence-corrected chi connectivity index (χ3v) is 12.2. The minimum atomic E-state index is -0.637. The molecule has 0 aliphatic heterocycles. The van der Waals surface area contributed by atoms with Crippen LogP contribution in [0.25, 0.3) is 0 Å². The number of hydrogen-bond acceptors (Lipinski definition) is 5. The fourth-order valence-electron chi connectivity index (χ4n) is 8.18. The average Bonchev–Trinajstić information content (AvgIpc) is 3.46. The molecule has 4 aliphatic carbocycles. The van der Waals surface area contributed by atoms with Crippen LogP contribution >= 0.6 is 11.3 Å². The normalized spacial score (nSPS) is 35.4. The largest absolute Gasteiger partial charge is 0.393 e. The summed E-state index contributed by atoms with van der Waals surface area (Å²) in [6.07, 6.45) is 23.2. The fourth-order valence-corrected chi connectivity index (χ4v) is 9.41. The number of aliphatic hydroxyl groups is 3. The zero-order valence-electron chi connectivity index (χ0n) is 24.9. The number of aromatic nitrogens is 1. The van der Waals surface area contributed by atoms with Gasteiger partial charge in [-0.25, -0.2) is 4.98 Å². The van der Waals surface area contributed by atoms with Crippen LogP contribution in [0.4, 0.5) is 0 Å². The van der Waals surface area contributed by atoms with Crippen molar-refractivity contribution in [2.24, 2.45) is 23.2 Å². The van der Waals surface area contributed by atoms with Crippen LogP contribution in [0.15, 0.2) is 53.8 Å². The Morgan fingerprint density at radius 3 is 2.70 bits per heavy atom. The van der Waals surface area contributed by atoms with Gasteiger partial charge in [0, 0.05) is 17.5 Å². The highest BCUT2D eigenvalue weighted by atomic mass is 32.1. The summed E-state index contributed by atoms with van der Waals surface area (Å²) < 4.78 is 0. The van der Waals surface area contributed by atoms with Gasteiger partial charge in [-0.05, 0) is 98.5 Å². The lowest BCUT2D eigenvalue weighted by atomic mass is 9.61. The van der Waals surface area contributed by atoms with Gasteiger partial charge in [0.2, 0.25) is 0 Å². The Labute approximate surface area is 246 Å². The Kier molecular flexibility index (Phi) is 9.26. The Balaban J connectivity index is 1.24. The summed E-state index contributed by atoms with van der Waals surface area (Å²) in [7, 11) is 0. The number of nitrogens with zero attached hydrogens (tertiary/aromatic N) is 1. The van der Waals surface area contributed by atoms with Crippen LogP contribution in [-0.2, 0) is 11.8 Å². The number of aliphatic hydroxyl groups excluding tert-OH is 3. The second-order valence-corrected chi connectivity index (χ2v) is 14.7. The second kappa shape index (κ2) is 12.4. The van der Waals surface area contributed by atoms with E-state index in [2.05, 4.69) is 51.7 Å². The first kappa shape index (κ1) is 29.9. The SMILES string of the molecule is C=C1/C(=C/C=C2\CCC[C@]3(C)[C@@H]([C@H](C)/C=C/[C@H](O)C4(c5ncc(CCCCC)s5)CC4)CC[C@@H]23)C[C@@H](O)C[C@@H]1O. The first-order valence-corrected chi connectivity index (χ1v) is 16.8. The zero-order chi connectivity index (χ0) is 28.5. The van der Waals surface area contributed by atoms with Crippen molar-refractivity contribution in [1.29, 1.82) is 0 Å². The summed E-state index contributed by atoms with van der Waals surface area (Å²) in [4.78, 5) is 6.13. The molecular weight excluding hydrogens is 514 g/mol. The first-order chi connectivity index (χ1) is 19.2. The third kappa shape index (κ3) is 6.00. The number of hydrogen-bond donors (Lipinski definition) is 3. The minimum Gasteiger partial charge on any atom is -0.393 e. The molecule has 0 amide bonds. The maximum Gasteiger partial charge on any atom is 0.102 e. The van der Waals surface area contributed by atoms with Crippen molar-refractivity contribution in [1.82, 2.24) is 4.98 Å². The van der Waals surface area contributed by atoms with Crippen LogP contribution in [0, 0.1) is 23.2 Å². The smallest absolute Gasteiger partial charge is 0.102 e. The molecular formula is C35H51NO3S. The molecule has 4 fully saturated rings. The van der Waals surface area contributed by atoms with Crippen molar-refractivity contribution in [2.75, 3.05) is 0 Å². The van der Waals surface area contributed by atoms with Gasteiger partial charge in [0.1, 0.15) is 5.01 Å². The van der Waals surface area contributed by atoms with E-state index in [0.717, 1.165) is 41.8 Å². The summed E-state index contributed by atoms with van der Waals surface area (Å²) in [5, 5.41) is 32.8. The second-order valence-electron chi connectivity index (χ2n) is 13.6. The van der Waals surface area contributed by atoms with Crippen molar-refractivity contribution in [3.63, 3.8) is 0 Å². The minimum absolute atomic E-state index is 0.162. The van der Waals surface area contributed by atoms with Gasteiger partial charge in [-0.1, -0.05) is 70.1 Å². The fraction of sp³-hybridized carbons (Fsp3) is 0.686. The summed E-state index contributed by atoms with van der Waals surface area (Å²) in [5.74, 6) is 1.60. The number of fused-ring (bicyclic) bond motifs is 1. The highest BCUT2D eigenvalue weighted by molar-refractivity contribution is 7.11. The Morgan fingerprint density at radius 1 is 1.15 bits per heavy atom. The molecule has 40 heavy (non-hydrogen) atoms. The summed E-state index contributed by atoms with van der Waals surface area (Å²) in [6.45, 7) is 11.2. The molecule has 4 saturated carbocycles. The predicted molar refractivity (Wildman–Crippen MR) is 165 cm³/mol. The summed E-state index contributed by atoms with van der Waals surface area (Å²) in [6, 6.07) is 0. The molecule has 3 N–H and O–H groups in total. The van der Waals surface area contributed by atoms with E-state index in [1.807, 2.05) is 17.5 Å². The molecule has 5 rings (SSSR count). The zero-order valence-corrected chi connectivity index (χ0v) is 25.8. The van der Waals surface area contributed by atoms with E-state index in [4.69, 9.17) is 4.98 Å². The van der Waals surface area contributed by atoms with Gasteiger partial charge in [-0.3, -0.25) is 0 Å². The van der Waals surface area contributed by atoms with Gasteiger partial charge in [0.15, 0.2) is 0 Å². The van der Waals surface area contributed by atoms with Gasteiger partial charge in [-0.2, -0.15) is 0 Å². The van der Waals surface area contributed by atoms with Crippen molar-refractivity contribution >= 4 is 11.3 Å². The number of aryl methyl sites for hydroxylation is 1. The van der Waals surface area contributed by atoms with Crippen LogP contribution < -0.4 is 0 Å². The predicted octanol–water partition coefficient (Wildman–Crippen LogP) is 7.60. The van der Waals surface area contributed by atoms with Crippen molar-refractivity contribution in [3.8, 4) is 0 Å². The van der Waals surface area contributed by atoms with Crippen LogP contribution in [0.2, 0.25) is 0 Å². The van der Waals surface area contributed by atoms with Gasteiger partial charge in [0.25, 0.3) is 0 Å². The third-order valence-electron chi connectivity index (χ3n) is 10.9. The molecule has 1 heterocycles. The Hall–Kier alpha value is -1.53. The standard InChI is InChI=1S/C35H51NO3S/c1-5-6-7-10-28-22-36-33(40-28)35(18-19-35)32(39)16-11-23(2)29-14-15-30-25(9-8-17-34(29,30)4)12-13-26-20-27(37)21-31(38)24(26)3/h11-13,16,22-23,27,29-32,37-39H,3,5-10,14-15,17-21H2,1-2,4H3/b16-11+,25-12+,26-13+/t23-,27-,29-,30+,31+,32+,34-/m1/s1. The molecule has 1 aromatic rings. The van der Waals surface area contributed by atoms with Crippen molar-refractivity contribution < 1.29 is 15.3 Å². The number of rotatable bonds is 10. The maximum atomic E-state index is 11.3. The van der Waals surface area contributed by atoms with E-state index >= 15 is 0 Å². The molecule has 0 aromatic carbocycles. The lowest BCUT2D eigenvalue weighted by Crippen LogP contribution is -2.35. The van der Waals surface area contributed by atoms with Gasteiger partial charge < -0.3 is 15.3 Å². The van der Waals surface area contributed by atoms with E-state index in [1.54, 1.807) is 0 Å². The van der Waals surface area contributed by atoms with Gasteiger partial charge in [-0.15, -0.1) is 11.3 Å². The molecule has 4 nitrogen and oxygen atoms in total. The molecule has 0 unspecified atom stereocenters. The lowest BCUT2D eigenvalue weighted by molar-refractivity contribution is 0.0862. The monoisotopic (exact) mass is 565 g/mol. The van der Waals surface area contributed by atoms with Crippen LogP contribution in [0.5, 0.6) is 0 Å². The van der Waals surface area contributed by atoms with Crippen LogP contribution in [0.1, 0.15) is 108 Å². The highest BCUT2D eigenvalue weighted by Crippen LogP contribution is 2.60. The van der Waals surface area contributed by atoms with E-state index in [0.29, 0.717) is 30.6 Å². The molecule has 1 aromatic heterocycles. The van der Waals surface area contributed by atoms with Crippen molar-refractivity contribution in [2.45, 2.75) is 128 Å². The summed E-state index contributed by atoms with van der Waals surface area (Å²) >= 11 is 1.82. The first-order valence-electron chi connectivity index (χ1n) is 15.9. The van der Waals surface area contributed by atoms with E-state index in [-0.39, 0.29) is 10.8 Å². The topological polar surface area (TPSA) is 73.6 Å². The number of allylic oxidation sites excluding steroid dienone is 4. The van der Waals surface area contributed by atoms with E-state index < -0.39 is 18.3 Å². The van der Waals surface area contributed by atoms with Gasteiger partial charge in [0.05, 0.1) is 23.7 Å². The van der Waals surface area contributed by atoms with Gasteiger partial charge >= 0.3 is 0 Å². The van der Waals surface area contributed by atoms with Crippen molar-refractivity contribution in [3.05, 3.63) is 63.7 Å². The molecule has 7 atom stereocenters. The van der Waals surface area contributed by atoms with Crippen LogP contribution in [-0.4, -0.2) is 38.6 Å². The van der Waals surface area contributed by atoms with Crippen LogP contribution in [0.3, 0.4) is 0 Å². The molecule has 0 radical (unpaired) electrons. The van der Waals surface area contributed by atoms with E-state index in [9.17, 15) is 15.3 Å². The molecule has 5 heteroatoms. The Bertz CT molecular complexity index is 1140.